The lowest BCUT2D eigenvalue weighted by Crippen LogP contribution is -2.39. The highest BCUT2D eigenvalue weighted by Crippen LogP contribution is 2.34. The van der Waals surface area contributed by atoms with Crippen molar-refractivity contribution in [1.82, 2.24) is 25.9 Å². The molecule has 0 spiro atoms. The Hall–Kier alpha value is -1.75. The molecule has 1 heterocycles. The van der Waals surface area contributed by atoms with E-state index in [1.165, 1.54) is 31.2 Å². The zero-order valence-corrected chi connectivity index (χ0v) is 11.8. The molecule has 3 rings (SSSR count). The Balaban J connectivity index is 1.73. The summed E-state index contributed by atoms with van der Waals surface area (Å²) in [5.41, 5.74) is 1.44. The molecule has 3 atom stereocenters. The van der Waals surface area contributed by atoms with Crippen molar-refractivity contribution >= 4 is 0 Å². The van der Waals surface area contributed by atoms with Crippen molar-refractivity contribution in [2.75, 3.05) is 0 Å². The quantitative estimate of drug-likeness (QED) is 0.897. The molecule has 0 aliphatic heterocycles. The smallest absolute Gasteiger partial charge is 0.191 e. The topological polar surface area (TPSA) is 66.5 Å². The van der Waals surface area contributed by atoms with Gasteiger partial charge in [0.15, 0.2) is 5.82 Å². The molecule has 1 aliphatic rings. The molecule has 1 aromatic carbocycles. The van der Waals surface area contributed by atoms with Gasteiger partial charge in [-0.1, -0.05) is 48.4 Å². The predicted octanol–water partition coefficient (Wildman–Crippen LogP) is 2.58. The molecule has 2 aromatic rings. The average Bonchev–Trinajstić information content (AvgIpc) is 3.03. The van der Waals surface area contributed by atoms with Gasteiger partial charge in [0.05, 0.1) is 6.04 Å². The number of H-pyrrole nitrogens is 1. The maximum Gasteiger partial charge on any atom is 0.191 e. The number of rotatable bonds is 4. The standard InChI is InChI=1S/C15H21N5/c1-11(15-17-19-20-18-15)16-14-10-6-5-9-13(14)12-7-3-2-4-8-12/h2-4,7-8,11,13-14,16H,5-6,9-10H2,1H3,(H,17,18,19,20). The van der Waals surface area contributed by atoms with Gasteiger partial charge in [-0.15, -0.1) is 10.2 Å². The number of aromatic amines is 1. The molecule has 0 bridgehead atoms. The number of nitrogens with zero attached hydrogens (tertiary/aromatic N) is 3. The predicted molar refractivity (Wildman–Crippen MR) is 77.2 cm³/mol. The maximum absolute atomic E-state index is 4.07. The molecular weight excluding hydrogens is 250 g/mol. The fourth-order valence-electron chi connectivity index (χ4n) is 3.18. The zero-order valence-electron chi connectivity index (χ0n) is 11.8. The molecule has 1 saturated carbocycles. The highest BCUT2D eigenvalue weighted by Gasteiger charge is 2.28. The molecule has 1 fully saturated rings. The maximum atomic E-state index is 4.07. The van der Waals surface area contributed by atoms with Crippen LogP contribution in [0.25, 0.3) is 0 Å². The van der Waals surface area contributed by atoms with Crippen molar-refractivity contribution in [3.63, 3.8) is 0 Å². The van der Waals surface area contributed by atoms with Crippen LogP contribution in [0.2, 0.25) is 0 Å². The lowest BCUT2D eigenvalue weighted by Gasteiger charge is -2.34. The molecule has 20 heavy (non-hydrogen) atoms. The fraction of sp³-hybridized carbons (Fsp3) is 0.533. The minimum atomic E-state index is 0.128. The van der Waals surface area contributed by atoms with Gasteiger partial charge in [-0.3, -0.25) is 0 Å². The van der Waals surface area contributed by atoms with E-state index in [-0.39, 0.29) is 6.04 Å². The van der Waals surface area contributed by atoms with Crippen LogP contribution < -0.4 is 5.32 Å². The molecule has 3 unspecified atom stereocenters. The first-order chi connectivity index (χ1) is 9.84. The number of hydrogen-bond donors (Lipinski definition) is 2. The summed E-state index contributed by atoms with van der Waals surface area (Å²) in [5, 5.41) is 18.0. The van der Waals surface area contributed by atoms with E-state index >= 15 is 0 Å². The van der Waals surface area contributed by atoms with Crippen molar-refractivity contribution in [3.05, 3.63) is 41.7 Å². The average molecular weight is 271 g/mol. The van der Waals surface area contributed by atoms with E-state index in [0.717, 1.165) is 5.82 Å². The van der Waals surface area contributed by atoms with Crippen LogP contribution in [0.1, 0.15) is 56.0 Å². The van der Waals surface area contributed by atoms with E-state index in [0.29, 0.717) is 12.0 Å². The Labute approximate surface area is 119 Å². The third-order valence-electron chi connectivity index (χ3n) is 4.21. The highest BCUT2D eigenvalue weighted by atomic mass is 15.5. The van der Waals surface area contributed by atoms with Crippen LogP contribution in [-0.4, -0.2) is 26.7 Å². The van der Waals surface area contributed by atoms with E-state index in [1.807, 2.05) is 0 Å². The summed E-state index contributed by atoms with van der Waals surface area (Å²) in [6.07, 6.45) is 5.07. The summed E-state index contributed by atoms with van der Waals surface area (Å²) in [6.45, 7) is 2.10. The molecule has 0 amide bonds. The van der Waals surface area contributed by atoms with Crippen molar-refractivity contribution in [2.24, 2.45) is 0 Å². The van der Waals surface area contributed by atoms with Crippen molar-refractivity contribution < 1.29 is 0 Å². The van der Waals surface area contributed by atoms with E-state index in [4.69, 9.17) is 0 Å². The second kappa shape index (κ2) is 6.13. The lowest BCUT2D eigenvalue weighted by molar-refractivity contribution is 0.302. The third kappa shape index (κ3) is 2.88. The van der Waals surface area contributed by atoms with Crippen molar-refractivity contribution in [3.8, 4) is 0 Å². The zero-order chi connectivity index (χ0) is 13.8. The van der Waals surface area contributed by atoms with Crippen LogP contribution in [-0.2, 0) is 0 Å². The van der Waals surface area contributed by atoms with Gasteiger partial charge in [-0.2, -0.15) is 5.21 Å². The number of benzene rings is 1. The van der Waals surface area contributed by atoms with Crippen LogP contribution in [0.4, 0.5) is 0 Å². The van der Waals surface area contributed by atoms with Crippen LogP contribution in [0, 0.1) is 0 Å². The summed E-state index contributed by atoms with van der Waals surface area (Å²) in [5.74, 6) is 1.32. The largest absolute Gasteiger partial charge is 0.304 e. The van der Waals surface area contributed by atoms with Gasteiger partial charge in [-0.25, -0.2) is 0 Å². The molecule has 5 heteroatoms. The Morgan fingerprint density at radius 2 is 2.00 bits per heavy atom. The number of aromatic nitrogens is 4. The van der Waals surface area contributed by atoms with Gasteiger partial charge in [0.2, 0.25) is 0 Å². The second-order valence-electron chi connectivity index (χ2n) is 5.57. The summed E-state index contributed by atoms with van der Waals surface area (Å²) in [7, 11) is 0. The van der Waals surface area contributed by atoms with Crippen LogP contribution in [0.15, 0.2) is 30.3 Å². The Morgan fingerprint density at radius 1 is 1.20 bits per heavy atom. The minimum absolute atomic E-state index is 0.128. The molecule has 5 nitrogen and oxygen atoms in total. The summed E-state index contributed by atoms with van der Waals surface area (Å²) < 4.78 is 0. The minimum Gasteiger partial charge on any atom is -0.304 e. The van der Waals surface area contributed by atoms with E-state index < -0.39 is 0 Å². The fourth-order valence-corrected chi connectivity index (χ4v) is 3.18. The Kier molecular flexibility index (Phi) is 4.06. The number of nitrogens with one attached hydrogen (secondary N) is 2. The number of hydrogen-bond acceptors (Lipinski definition) is 4. The van der Waals surface area contributed by atoms with Gasteiger partial charge in [0.1, 0.15) is 0 Å². The van der Waals surface area contributed by atoms with Crippen molar-refractivity contribution in [1.29, 1.82) is 0 Å². The van der Waals surface area contributed by atoms with Gasteiger partial charge in [0, 0.05) is 6.04 Å². The monoisotopic (exact) mass is 271 g/mol. The molecule has 2 N–H and O–H groups in total. The van der Waals surface area contributed by atoms with E-state index in [2.05, 4.69) is 63.2 Å². The Bertz CT molecular complexity index is 510. The van der Waals surface area contributed by atoms with Crippen LogP contribution in [0.5, 0.6) is 0 Å². The van der Waals surface area contributed by atoms with Crippen molar-refractivity contribution in [2.45, 2.75) is 50.6 Å². The third-order valence-corrected chi connectivity index (χ3v) is 4.21. The lowest BCUT2D eigenvalue weighted by atomic mass is 9.79. The van der Waals surface area contributed by atoms with Gasteiger partial charge in [-0.05, 0) is 31.2 Å². The molecule has 0 saturated heterocycles. The van der Waals surface area contributed by atoms with Gasteiger partial charge >= 0.3 is 0 Å². The first kappa shape index (κ1) is 13.2. The molecule has 1 aliphatic carbocycles. The first-order valence-electron chi connectivity index (χ1n) is 7.39. The molecule has 1 aromatic heterocycles. The SMILES string of the molecule is CC(NC1CCCCC1c1ccccc1)c1nn[nH]n1. The highest BCUT2D eigenvalue weighted by molar-refractivity contribution is 5.22. The molecule has 0 radical (unpaired) electrons. The van der Waals surface area contributed by atoms with Gasteiger partial charge in [0.25, 0.3) is 0 Å². The summed E-state index contributed by atoms with van der Waals surface area (Å²) in [4.78, 5) is 0. The van der Waals surface area contributed by atoms with Gasteiger partial charge < -0.3 is 5.32 Å². The normalized spacial score (nSPS) is 24.4. The van der Waals surface area contributed by atoms with Crippen LogP contribution in [0.3, 0.4) is 0 Å². The Morgan fingerprint density at radius 3 is 2.75 bits per heavy atom. The molecular formula is C15H21N5. The second-order valence-corrected chi connectivity index (χ2v) is 5.57. The van der Waals surface area contributed by atoms with E-state index in [9.17, 15) is 0 Å². The first-order valence-corrected chi connectivity index (χ1v) is 7.39. The number of tetrazole rings is 1. The molecule has 106 valence electrons. The van der Waals surface area contributed by atoms with E-state index in [1.54, 1.807) is 0 Å². The summed E-state index contributed by atoms with van der Waals surface area (Å²) in [6, 6.07) is 11.4. The summed E-state index contributed by atoms with van der Waals surface area (Å²) >= 11 is 0. The van der Waals surface area contributed by atoms with Crippen LogP contribution >= 0.6 is 0 Å².